The first-order chi connectivity index (χ1) is 28.8. The van der Waals surface area contributed by atoms with Gasteiger partial charge in [-0.3, -0.25) is 24.3 Å². The van der Waals surface area contributed by atoms with Crippen LogP contribution in [0.5, 0.6) is 23.0 Å². The number of benzene rings is 2. The molecule has 1 fully saturated rings. The second-order valence-corrected chi connectivity index (χ2v) is 16.7. The molecule has 1 amide bonds. The van der Waals surface area contributed by atoms with Crippen molar-refractivity contribution in [1.29, 1.82) is 0 Å². The van der Waals surface area contributed by atoms with E-state index in [1.165, 1.54) is 59.4 Å². The van der Waals surface area contributed by atoms with Gasteiger partial charge < -0.3 is 49.8 Å². The predicted molar refractivity (Wildman–Crippen MR) is 230 cm³/mol. The summed E-state index contributed by atoms with van der Waals surface area (Å²) in [6.07, 6.45) is 5.91. The Morgan fingerprint density at radius 3 is 2.26 bits per heavy atom. The van der Waals surface area contributed by atoms with Crippen molar-refractivity contribution in [3.05, 3.63) is 52.8 Å². The largest absolute Gasteiger partial charge is 0.507 e. The van der Waals surface area contributed by atoms with Crippen molar-refractivity contribution < 1.29 is 58.9 Å². The second kappa shape index (κ2) is 19.3. The fraction of sp³-hybridized carbons (Fsp3) is 0.556. The van der Waals surface area contributed by atoms with E-state index >= 15 is 0 Å². The number of aliphatic hydroxyl groups excluding tert-OH is 2. The highest BCUT2D eigenvalue weighted by molar-refractivity contribution is 6.23. The number of ether oxygens (including phenoxy) is 4. The number of amides is 1. The Bertz CT molecular complexity index is 2110. The summed E-state index contributed by atoms with van der Waals surface area (Å²) in [6, 6.07) is 0. The molecule has 0 radical (unpaired) electrons. The minimum atomic E-state index is -2.04. The summed E-state index contributed by atoms with van der Waals surface area (Å²) in [7, 11) is 1.44. The third-order valence-corrected chi connectivity index (χ3v) is 12.3. The number of nitrogens with zero attached hydrogens (tertiary/aromatic N) is 3. The van der Waals surface area contributed by atoms with Gasteiger partial charge in [0, 0.05) is 87.3 Å². The molecule has 2 aromatic rings. The number of phenolic OH excluding ortho intramolecular Hbond substituents is 3. The lowest BCUT2D eigenvalue weighted by Gasteiger charge is -2.38. The molecule has 5 bridgehead atoms. The number of hydrogen-bond donors (Lipinski definition) is 6. The molecule has 0 saturated carbocycles. The van der Waals surface area contributed by atoms with Crippen molar-refractivity contribution in [1.82, 2.24) is 9.91 Å². The SMILES string of the molecule is CCCN1CCN(/N=C/c2c3c(O)c4c(O)c(C)c5c(c4c2O)C(=O)C(C)(O/C=C/C(OC)C(C)C(OC(C)=O)C(C)C(O)C(C)C(O)C(C)/C=C/C=C(C)C(=O)N3)O5)CC1. The number of esters is 1. The first-order valence-electron chi connectivity index (χ1n) is 20.9. The number of anilines is 1. The molecule has 4 heterocycles. The molecular weight excluding hydrogens is 789 g/mol. The van der Waals surface area contributed by atoms with Crippen LogP contribution in [-0.4, -0.2) is 129 Å². The standard InChI is InChI=1S/C45H62N4O12/c1-11-16-48-17-19-49(20-18-48)46-22-30-35-40(55)33-32(39(30)54)34-42(28(7)38(33)53)61-45(9,43(34)56)59-21-15-31(58-10)25(4)41(60-29(8)50)27(6)37(52)26(5)36(51)23(2)13-12-14-24(3)44(57)47-35/h12-15,21-23,25-27,31,36-37,41,51-55H,11,16-20H2,1-10H3,(H,47,57)/b13-12+,21-15+,24-14?,46-22+. The molecular formula is C45H62N4O12. The number of rotatable bonds is 6. The molecule has 334 valence electrons. The van der Waals surface area contributed by atoms with Crippen LogP contribution in [0.15, 0.2) is 41.2 Å². The molecule has 9 unspecified atom stereocenters. The van der Waals surface area contributed by atoms with Crippen LogP contribution in [0.4, 0.5) is 5.69 Å². The lowest BCUT2D eigenvalue weighted by Crippen LogP contribution is -2.46. The van der Waals surface area contributed by atoms with Crippen molar-refractivity contribution in [2.45, 2.75) is 98.9 Å². The fourth-order valence-electron chi connectivity index (χ4n) is 8.40. The van der Waals surface area contributed by atoms with Crippen molar-refractivity contribution in [3.8, 4) is 23.0 Å². The Labute approximate surface area is 357 Å². The minimum absolute atomic E-state index is 0.0583. The number of hydrogen-bond acceptors (Lipinski definition) is 15. The first kappa shape index (κ1) is 46.9. The third-order valence-electron chi connectivity index (χ3n) is 12.3. The van der Waals surface area contributed by atoms with Gasteiger partial charge in [0.1, 0.15) is 23.4 Å². The molecule has 0 aromatic heterocycles. The summed E-state index contributed by atoms with van der Waals surface area (Å²) in [4.78, 5) is 42.9. The van der Waals surface area contributed by atoms with E-state index < -0.39 is 88.8 Å². The number of methoxy groups -OCH3 is 1. The zero-order valence-corrected chi connectivity index (χ0v) is 36.8. The quantitative estimate of drug-likeness (QED) is 0.0963. The molecule has 4 aliphatic rings. The van der Waals surface area contributed by atoms with Crippen LogP contribution in [0.25, 0.3) is 10.8 Å². The van der Waals surface area contributed by atoms with Crippen LogP contribution in [0.1, 0.15) is 83.3 Å². The molecule has 6 rings (SSSR count). The van der Waals surface area contributed by atoms with Crippen molar-refractivity contribution in [3.63, 3.8) is 0 Å². The first-order valence-corrected chi connectivity index (χ1v) is 20.9. The van der Waals surface area contributed by atoms with Crippen LogP contribution in [-0.2, 0) is 23.8 Å². The Balaban J connectivity index is 1.69. The highest BCUT2D eigenvalue weighted by Gasteiger charge is 2.50. The molecule has 2 aromatic carbocycles. The summed E-state index contributed by atoms with van der Waals surface area (Å²) < 4.78 is 23.7. The second-order valence-electron chi connectivity index (χ2n) is 16.7. The number of allylic oxidation sites excluding steroid dienone is 2. The fourth-order valence-corrected chi connectivity index (χ4v) is 8.40. The van der Waals surface area contributed by atoms with Crippen molar-refractivity contribution in [2.75, 3.05) is 45.2 Å². The molecule has 9 atom stereocenters. The van der Waals surface area contributed by atoms with Crippen LogP contribution < -0.4 is 10.1 Å². The number of phenols is 3. The van der Waals surface area contributed by atoms with E-state index in [0.717, 1.165) is 26.1 Å². The lowest BCUT2D eigenvalue weighted by atomic mass is 9.78. The monoisotopic (exact) mass is 850 g/mol. The van der Waals surface area contributed by atoms with Crippen LogP contribution in [0, 0.1) is 30.6 Å². The highest BCUT2D eigenvalue weighted by Crippen LogP contribution is 2.55. The smallest absolute Gasteiger partial charge is 0.312 e. The van der Waals surface area contributed by atoms with Crippen LogP contribution in [0.2, 0.25) is 0 Å². The van der Waals surface area contributed by atoms with E-state index in [9.17, 15) is 39.9 Å². The van der Waals surface area contributed by atoms with Gasteiger partial charge in [0.15, 0.2) is 5.75 Å². The number of nitrogens with one attached hydrogen (secondary N) is 1. The topological polar surface area (TPSA) is 220 Å². The van der Waals surface area contributed by atoms with E-state index in [2.05, 4.69) is 22.2 Å². The number of Topliss-reactive ketones (excluding diaryl/α,β-unsaturated/α-hetero) is 1. The van der Waals surface area contributed by atoms with Gasteiger partial charge in [0.05, 0.1) is 53.0 Å². The maximum absolute atomic E-state index is 14.5. The van der Waals surface area contributed by atoms with E-state index in [0.29, 0.717) is 13.1 Å². The molecule has 4 aliphatic heterocycles. The number of aromatic hydroxyl groups is 3. The zero-order valence-electron chi connectivity index (χ0n) is 36.8. The van der Waals surface area contributed by atoms with Gasteiger partial charge in [-0.25, -0.2) is 0 Å². The van der Waals surface area contributed by atoms with Gasteiger partial charge in [-0.05, 0) is 32.9 Å². The van der Waals surface area contributed by atoms with Gasteiger partial charge in [0.2, 0.25) is 0 Å². The normalized spacial score (nSPS) is 30.6. The number of piperazine rings is 1. The maximum Gasteiger partial charge on any atom is 0.312 e. The molecule has 6 N–H and O–H groups in total. The Kier molecular flexibility index (Phi) is 14.8. The summed E-state index contributed by atoms with van der Waals surface area (Å²) in [5.41, 5.74) is -0.330. The van der Waals surface area contributed by atoms with Crippen molar-refractivity contribution in [2.24, 2.45) is 28.8 Å². The maximum atomic E-state index is 14.5. The van der Waals surface area contributed by atoms with Gasteiger partial charge >= 0.3 is 11.8 Å². The van der Waals surface area contributed by atoms with Crippen LogP contribution >= 0.6 is 0 Å². The summed E-state index contributed by atoms with van der Waals surface area (Å²) in [5, 5.41) is 67.2. The van der Waals surface area contributed by atoms with E-state index in [-0.39, 0.29) is 44.5 Å². The number of aliphatic hydroxyl groups is 2. The van der Waals surface area contributed by atoms with Gasteiger partial charge in [-0.15, -0.1) is 0 Å². The molecule has 0 aliphatic carbocycles. The average molecular weight is 851 g/mol. The Morgan fingerprint density at radius 2 is 1.64 bits per heavy atom. The number of fused-ring (bicyclic) bond motifs is 14. The summed E-state index contributed by atoms with van der Waals surface area (Å²) in [5.74, 6) is -8.33. The van der Waals surface area contributed by atoms with E-state index in [4.69, 9.17) is 18.9 Å². The average Bonchev–Trinajstić information content (AvgIpc) is 3.49. The number of carbonyl (C=O) groups is 3. The number of carbonyl (C=O) groups excluding carboxylic acids is 3. The molecule has 0 spiro atoms. The predicted octanol–water partition coefficient (Wildman–Crippen LogP) is 5.12. The Morgan fingerprint density at radius 1 is 0.967 bits per heavy atom. The summed E-state index contributed by atoms with van der Waals surface area (Å²) in [6.45, 7) is 18.3. The molecule has 61 heavy (non-hydrogen) atoms. The van der Waals surface area contributed by atoms with E-state index in [1.54, 1.807) is 44.9 Å². The molecule has 16 heteroatoms. The molecule has 16 nitrogen and oxygen atoms in total. The summed E-state index contributed by atoms with van der Waals surface area (Å²) >= 11 is 0. The lowest BCUT2D eigenvalue weighted by molar-refractivity contribution is -0.160. The minimum Gasteiger partial charge on any atom is -0.507 e. The molecule has 1 saturated heterocycles. The zero-order chi connectivity index (χ0) is 45.1. The number of hydrazone groups is 1. The van der Waals surface area contributed by atoms with E-state index in [1.807, 2.05) is 0 Å². The highest BCUT2D eigenvalue weighted by atomic mass is 16.7. The number of ketones is 1. The van der Waals surface area contributed by atoms with Crippen LogP contribution in [0.3, 0.4) is 0 Å². The van der Waals surface area contributed by atoms with Gasteiger partial charge in [-0.2, -0.15) is 5.10 Å². The Hall–Kier alpha value is -5.16. The van der Waals surface area contributed by atoms with Gasteiger partial charge in [-0.1, -0.05) is 52.8 Å². The third kappa shape index (κ3) is 9.52. The van der Waals surface area contributed by atoms with Gasteiger partial charge in [0.25, 0.3) is 11.7 Å². The van der Waals surface area contributed by atoms with Crippen molar-refractivity contribution >= 4 is 40.3 Å².